The Kier molecular flexibility index (Phi) is 5.80. The first kappa shape index (κ1) is 10.0. The van der Waals surface area contributed by atoms with Crippen molar-refractivity contribution in [1.29, 1.82) is 0 Å². The fourth-order valence-corrected chi connectivity index (χ4v) is 1.86. The molecule has 0 amide bonds. The predicted molar refractivity (Wildman–Crippen MR) is 45.6 cm³/mol. The van der Waals surface area contributed by atoms with Crippen LogP contribution in [-0.2, 0) is 13.6 Å². The van der Waals surface area contributed by atoms with Gasteiger partial charge in [-0.15, -0.1) is 0 Å². The second-order valence-corrected chi connectivity index (χ2v) is 4.35. The summed E-state index contributed by atoms with van der Waals surface area (Å²) >= 11 is 4.82. The number of rotatable bonds is 4. The molecule has 0 aliphatic carbocycles. The second-order valence-electron chi connectivity index (χ2n) is 1.68. The maximum atomic E-state index is 5.02. The van der Waals surface area contributed by atoms with Crippen LogP contribution in [0.3, 0.4) is 0 Å². The molecule has 0 heterocycles. The van der Waals surface area contributed by atoms with Crippen LogP contribution < -0.4 is 0 Å². The van der Waals surface area contributed by atoms with Gasteiger partial charge in [-0.1, -0.05) is 0 Å². The highest BCUT2D eigenvalue weighted by atomic mass is 32.1. The molecule has 0 unspecified atom stereocenters. The smallest absolute Gasteiger partial charge is 0.329 e. The first-order valence-corrected chi connectivity index (χ1v) is 5.03. The Balaban J connectivity index is 3.52. The number of hydrogen-bond donors (Lipinski definition) is 0. The molecule has 0 fully saturated rings. The second kappa shape index (κ2) is 5.78. The Morgan fingerprint density at radius 2 is 1.80 bits per heavy atom. The predicted octanol–water partition coefficient (Wildman–Crippen LogP) is 0.473. The zero-order valence-electron chi connectivity index (χ0n) is 6.42. The number of methoxy groups -OCH3 is 1. The Bertz CT molecular complexity index is 105. The van der Waals surface area contributed by atoms with E-state index in [0.717, 1.165) is 0 Å². The standard InChI is InChI=1S/C5H12O3SSi/c1-6-5(9)4-10(7-2)8-3/h10H,4H2,1-3H3. The fraction of sp³-hybridized carbons (Fsp3) is 0.800. The third-order valence-corrected chi connectivity index (χ3v) is 3.47. The third-order valence-electron chi connectivity index (χ3n) is 1.09. The topological polar surface area (TPSA) is 27.7 Å². The van der Waals surface area contributed by atoms with Gasteiger partial charge in [0.05, 0.1) is 13.2 Å². The zero-order valence-corrected chi connectivity index (χ0v) is 8.39. The summed E-state index contributed by atoms with van der Waals surface area (Å²) in [5.41, 5.74) is 0. The molecule has 0 spiro atoms. The Hall–Kier alpha value is 0.0269. The van der Waals surface area contributed by atoms with Crippen LogP contribution in [0.1, 0.15) is 0 Å². The van der Waals surface area contributed by atoms with E-state index in [2.05, 4.69) is 0 Å². The van der Waals surface area contributed by atoms with E-state index < -0.39 is 9.28 Å². The monoisotopic (exact) mass is 180 g/mol. The minimum atomic E-state index is -1.53. The molecule has 0 saturated carbocycles. The highest BCUT2D eigenvalue weighted by Crippen LogP contribution is 1.97. The average molecular weight is 180 g/mol. The van der Waals surface area contributed by atoms with Gasteiger partial charge in [-0.05, 0) is 12.2 Å². The lowest BCUT2D eigenvalue weighted by atomic mass is 10.8. The molecule has 10 heavy (non-hydrogen) atoms. The summed E-state index contributed by atoms with van der Waals surface area (Å²) in [6.45, 7) is 0. The SMILES string of the molecule is COC(=S)C[SiH](OC)OC. The maximum absolute atomic E-state index is 5.02. The van der Waals surface area contributed by atoms with Gasteiger partial charge in [0, 0.05) is 14.2 Å². The van der Waals surface area contributed by atoms with Crippen molar-refractivity contribution in [2.75, 3.05) is 21.3 Å². The van der Waals surface area contributed by atoms with E-state index in [1.54, 1.807) is 21.3 Å². The molecule has 0 N–H and O–H groups in total. The molecule has 0 aromatic heterocycles. The largest absolute Gasteiger partial charge is 0.490 e. The zero-order chi connectivity index (χ0) is 7.98. The minimum absolute atomic E-state index is 0.556. The molecule has 5 heteroatoms. The fourth-order valence-electron chi connectivity index (χ4n) is 0.482. The van der Waals surface area contributed by atoms with Crippen LogP contribution in [0.25, 0.3) is 0 Å². The van der Waals surface area contributed by atoms with Gasteiger partial charge < -0.3 is 13.6 Å². The van der Waals surface area contributed by atoms with Crippen LogP contribution in [0.4, 0.5) is 0 Å². The molecule has 0 rings (SSSR count). The molecule has 0 aromatic carbocycles. The third kappa shape index (κ3) is 3.94. The molecule has 3 nitrogen and oxygen atoms in total. The van der Waals surface area contributed by atoms with Crippen LogP contribution in [0, 0.1) is 0 Å². The molecule has 0 aliphatic rings. The van der Waals surface area contributed by atoms with Gasteiger partial charge in [0.2, 0.25) is 0 Å². The Morgan fingerprint density at radius 3 is 2.10 bits per heavy atom. The lowest BCUT2D eigenvalue weighted by Crippen LogP contribution is -2.22. The van der Waals surface area contributed by atoms with E-state index >= 15 is 0 Å². The van der Waals surface area contributed by atoms with Crippen LogP contribution in [0.2, 0.25) is 6.04 Å². The molecule has 0 radical (unpaired) electrons. The van der Waals surface area contributed by atoms with E-state index in [1.807, 2.05) is 0 Å². The highest BCUT2D eigenvalue weighted by Gasteiger charge is 2.12. The van der Waals surface area contributed by atoms with Crippen LogP contribution in [0.5, 0.6) is 0 Å². The lowest BCUT2D eigenvalue weighted by molar-refractivity contribution is 0.279. The van der Waals surface area contributed by atoms with Crippen molar-refractivity contribution in [1.82, 2.24) is 0 Å². The minimum Gasteiger partial charge on any atom is -0.490 e. The lowest BCUT2D eigenvalue weighted by Gasteiger charge is -2.09. The summed E-state index contributed by atoms with van der Waals surface area (Å²) in [6, 6.07) is 0.638. The Labute approximate surface area is 68.1 Å². The molecular weight excluding hydrogens is 168 g/mol. The van der Waals surface area contributed by atoms with E-state index in [1.165, 1.54) is 0 Å². The maximum Gasteiger partial charge on any atom is 0.329 e. The van der Waals surface area contributed by atoms with Crippen molar-refractivity contribution >= 4 is 26.6 Å². The molecule has 0 atom stereocenters. The van der Waals surface area contributed by atoms with Crippen molar-refractivity contribution in [2.24, 2.45) is 0 Å². The van der Waals surface area contributed by atoms with Crippen molar-refractivity contribution in [3.8, 4) is 0 Å². The first-order valence-electron chi connectivity index (χ1n) is 2.87. The Morgan fingerprint density at radius 1 is 1.30 bits per heavy atom. The van der Waals surface area contributed by atoms with Gasteiger partial charge in [-0.2, -0.15) is 0 Å². The summed E-state index contributed by atoms with van der Waals surface area (Å²) in [5, 5.41) is 0.556. The molecule has 0 aromatic rings. The van der Waals surface area contributed by atoms with E-state index in [-0.39, 0.29) is 0 Å². The van der Waals surface area contributed by atoms with Crippen molar-refractivity contribution in [2.45, 2.75) is 6.04 Å². The summed E-state index contributed by atoms with van der Waals surface area (Å²) in [5.74, 6) is 0. The van der Waals surface area contributed by atoms with Gasteiger partial charge >= 0.3 is 9.28 Å². The number of ether oxygens (including phenoxy) is 1. The molecule has 0 saturated heterocycles. The van der Waals surface area contributed by atoms with Gasteiger partial charge in [-0.3, -0.25) is 0 Å². The molecular formula is C5H12O3SSi. The van der Waals surface area contributed by atoms with Crippen molar-refractivity contribution in [3.63, 3.8) is 0 Å². The first-order chi connectivity index (χ1) is 4.74. The summed E-state index contributed by atoms with van der Waals surface area (Å²) < 4.78 is 14.8. The van der Waals surface area contributed by atoms with Gasteiger partial charge in [0.15, 0.2) is 5.05 Å². The van der Waals surface area contributed by atoms with Gasteiger partial charge in [-0.25, -0.2) is 0 Å². The molecule has 60 valence electrons. The van der Waals surface area contributed by atoms with E-state index in [9.17, 15) is 0 Å². The van der Waals surface area contributed by atoms with Crippen molar-refractivity contribution in [3.05, 3.63) is 0 Å². The van der Waals surface area contributed by atoms with E-state index in [4.69, 9.17) is 25.8 Å². The highest BCUT2D eigenvalue weighted by molar-refractivity contribution is 7.80. The van der Waals surface area contributed by atoms with Gasteiger partial charge in [0.1, 0.15) is 0 Å². The van der Waals surface area contributed by atoms with Crippen LogP contribution in [-0.4, -0.2) is 35.7 Å². The summed E-state index contributed by atoms with van der Waals surface area (Å²) in [6.07, 6.45) is 0. The summed E-state index contributed by atoms with van der Waals surface area (Å²) in [7, 11) is 3.27. The van der Waals surface area contributed by atoms with Crippen LogP contribution in [0.15, 0.2) is 0 Å². The van der Waals surface area contributed by atoms with Crippen LogP contribution >= 0.6 is 12.2 Å². The van der Waals surface area contributed by atoms with E-state index in [0.29, 0.717) is 11.1 Å². The summed E-state index contributed by atoms with van der Waals surface area (Å²) in [4.78, 5) is 0. The van der Waals surface area contributed by atoms with Crippen molar-refractivity contribution < 1.29 is 13.6 Å². The van der Waals surface area contributed by atoms with Gasteiger partial charge in [0.25, 0.3) is 0 Å². The average Bonchev–Trinajstić information content (AvgIpc) is 1.99. The molecule has 0 aliphatic heterocycles. The number of hydrogen-bond acceptors (Lipinski definition) is 4. The number of thiocarbonyl (C=S) groups is 1. The molecule has 0 bridgehead atoms. The normalized spacial score (nSPS) is 10.0. The quantitative estimate of drug-likeness (QED) is 0.464.